The van der Waals surface area contributed by atoms with E-state index in [1.54, 1.807) is 0 Å². The predicted molar refractivity (Wildman–Crippen MR) is 198 cm³/mol. The van der Waals surface area contributed by atoms with E-state index < -0.39 is 18.1 Å². The predicted octanol–water partition coefficient (Wildman–Crippen LogP) is 8.92. The number of aliphatic carboxylic acids is 1. The summed E-state index contributed by atoms with van der Waals surface area (Å²) in [6.07, 6.45) is 16.7. The van der Waals surface area contributed by atoms with Gasteiger partial charge >= 0.3 is 5.97 Å². The van der Waals surface area contributed by atoms with Crippen molar-refractivity contribution in [3.8, 4) is 0 Å². The van der Waals surface area contributed by atoms with Crippen molar-refractivity contribution < 1.29 is 19.4 Å². The normalized spacial score (nSPS) is 45.1. The first kappa shape index (κ1) is 37.5. The van der Waals surface area contributed by atoms with Gasteiger partial charge < -0.3 is 20.4 Å². The van der Waals surface area contributed by atoms with Gasteiger partial charge in [-0.3, -0.25) is 4.79 Å². The van der Waals surface area contributed by atoms with E-state index in [0.29, 0.717) is 61.3 Å². The molecule has 0 aromatic rings. The lowest BCUT2D eigenvalue weighted by atomic mass is 9.32. The van der Waals surface area contributed by atoms with Crippen LogP contribution in [0.15, 0.2) is 23.3 Å². The number of aliphatic hydroxyl groups excluding tert-OH is 1. The van der Waals surface area contributed by atoms with Gasteiger partial charge in [0.1, 0.15) is 6.67 Å². The highest BCUT2D eigenvalue weighted by Crippen LogP contribution is 2.78. The van der Waals surface area contributed by atoms with Crippen LogP contribution >= 0.6 is 0 Å². The molecule has 3 N–H and O–H groups in total. The first-order valence-electron chi connectivity index (χ1n) is 20.2. The van der Waals surface area contributed by atoms with Crippen molar-refractivity contribution in [3.05, 3.63) is 23.3 Å². The van der Waals surface area contributed by atoms with Gasteiger partial charge in [0, 0.05) is 25.0 Å². The van der Waals surface area contributed by atoms with Crippen molar-refractivity contribution in [2.45, 2.75) is 132 Å². The van der Waals surface area contributed by atoms with Crippen LogP contribution in [0.25, 0.3) is 0 Å². The van der Waals surface area contributed by atoms with Crippen LogP contribution in [0.2, 0.25) is 0 Å². The Labute approximate surface area is 298 Å². The second kappa shape index (κ2) is 13.0. The number of aliphatic hydroxyl groups is 1. The van der Waals surface area contributed by atoms with E-state index in [-0.39, 0.29) is 33.2 Å². The monoisotopic (exact) mass is 683 g/mol. The molecule has 4 fully saturated rings. The summed E-state index contributed by atoms with van der Waals surface area (Å²) in [5.74, 6) is 2.82. The largest absolute Gasteiger partial charge is 0.481 e. The number of allylic oxidation sites excluding steroid dienone is 4. The third-order valence-electron chi connectivity index (χ3n) is 17.4. The summed E-state index contributed by atoms with van der Waals surface area (Å²) in [5.41, 5.74) is 2.22. The van der Waals surface area contributed by atoms with Gasteiger partial charge in [0.05, 0.1) is 11.5 Å². The Kier molecular flexibility index (Phi) is 9.96. The maximum Gasteiger partial charge on any atom is 0.312 e. The Hall–Kier alpha value is -1.24. The Morgan fingerprint density at radius 2 is 1.67 bits per heavy atom. The van der Waals surface area contributed by atoms with E-state index in [1.165, 1.54) is 56.1 Å². The Balaban J connectivity index is 1.28. The van der Waals surface area contributed by atoms with Gasteiger partial charge in [-0.25, -0.2) is 4.39 Å². The molecular weight excluding hydrogens is 611 g/mol. The highest BCUT2D eigenvalue weighted by atomic mass is 19.1. The molecule has 0 amide bonds. The number of carboxylic acids is 1. The van der Waals surface area contributed by atoms with Crippen LogP contribution in [-0.2, 0) is 4.79 Å². The molecule has 0 spiro atoms. The molecular formula is C43H71FN2O3. The van der Waals surface area contributed by atoms with Crippen molar-refractivity contribution in [2.24, 2.45) is 68.0 Å². The van der Waals surface area contributed by atoms with Crippen molar-refractivity contribution >= 4 is 5.97 Å². The number of rotatable bonds is 10. The topological polar surface area (TPSA) is 72.8 Å². The molecule has 4 saturated carbocycles. The van der Waals surface area contributed by atoms with Gasteiger partial charge in [0.15, 0.2) is 0 Å². The fourth-order valence-corrected chi connectivity index (χ4v) is 14.4. The molecule has 0 bridgehead atoms. The summed E-state index contributed by atoms with van der Waals surface area (Å²) in [6.45, 7) is 19.7. The average Bonchev–Trinajstić information content (AvgIpc) is 3.44. The van der Waals surface area contributed by atoms with E-state index in [1.807, 2.05) is 0 Å². The van der Waals surface area contributed by atoms with E-state index in [2.05, 4.69) is 84.9 Å². The second-order valence-electron chi connectivity index (χ2n) is 20.1. The second-order valence-corrected chi connectivity index (χ2v) is 20.1. The van der Waals surface area contributed by atoms with Crippen molar-refractivity contribution in [3.63, 3.8) is 0 Å². The highest BCUT2D eigenvalue weighted by Gasteiger charge is 2.71. The maximum absolute atomic E-state index is 14.0. The fraction of sp³-hybridized carbons (Fsp3) is 0.884. The molecule has 49 heavy (non-hydrogen) atoms. The van der Waals surface area contributed by atoms with Gasteiger partial charge in [-0.1, -0.05) is 60.6 Å². The van der Waals surface area contributed by atoms with Gasteiger partial charge in [-0.15, -0.1) is 0 Å². The maximum atomic E-state index is 14.0. The molecule has 0 radical (unpaired) electrons. The SMILES string of the molecule is CC(C)[C@@H]1CC[C@]2([C@H](O)CNCCN(C)C)CC[C@]3(C)C(CCC4[C@@]5(C)CC=C(C6=CC[C@](CF)(C(=O)O)CC6)C(C)(C)C5CC[C@]43C)C12. The summed E-state index contributed by atoms with van der Waals surface area (Å²) in [6, 6.07) is 0. The summed E-state index contributed by atoms with van der Waals surface area (Å²) in [4.78, 5) is 14.2. The molecule has 0 heterocycles. The number of alkyl halides is 1. The molecule has 0 aliphatic heterocycles. The van der Waals surface area contributed by atoms with Crippen LogP contribution in [0.3, 0.4) is 0 Å². The molecule has 278 valence electrons. The first-order chi connectivity index (χ1) is 22.9. The molecule has 0 saturated heterocycles. The quantitative estimate of drug-likeness (QED) is 0.201. The van der Waals surface area contributed by atoms with Gasteiger partial charge in [0.25, 0.3) is 0 Å². The Morgan fingerprint density at radius 1 is 0.939 bits per heavy atom. The van der Waals surface area contributed by atoms with E-state index in [0.717, 1.165) is 25.9 Å². The van der Waals surface area contributed by atoms with E-state index in [9.17, 15) is 19.4 Å². The summed E-state index contributed by atoms with van der Waals surface area (Å²) in [5, 5.41) is 25.5. The van der Waals surface area contributed by atoms with Crippen LogP contribution in [0, 0.1) is 68.0 Å². The molecule has 4 unspecified atom stereocenters. The highest BCUT2D eigenvalue weighted by molar-refractivity contribution is 5.75. The fourth-order valence-electron chi connectivity index (χ4n) is 14.4. The number of carbonyl (C=O) groups is 1. The van der Waals surface area contributed by atoms with Crippen LogP contribution in [0.1, 0.15) is 126 Å². The Bertz CT molecular complexity index is 1320. The minimum Gasteiger partial charge on any atom is -0.481 e. The molecule has 0 aromatic heterocycles. The third kappa shape index (κ3) is 5.56. The van der Waals surface area contributed by atoms with Crippen LogP contribution < -0.4 is 5.32 Å². The van der Waals surface area contributed by atoms with Crippen molar-refractivity contribution in [2.75, 3.05) is 40.4 Å². The number of hydrogen-bond donors (Lipinski definition) is 3. The molecule has 6 heteroatoms. The average molecular weight is 683 g/mol. The molecule has 0 aromatic carbocycles. The van der Waals surface area contributed by atoms with Crippen molar-refractivity contribution in [1.29, 1.82) is 0 Å². The van der Waals surface area contributed by atoms with Crippen LogP contribution in [0.4, 0.5) is 4.39 Å². The summed E-state index contributed by atoms with van der Waals surface area (Å²) >= 11 is 0. The number of hydrogen-bond acceptors (Lipinski definition) is 4. The van der Waals surface area contributed by atoms with Crippen LogP contribution in [0.5, 0.6) is 0 Å². The van der Waals surface area contributed by atoms with Gasteiger partial charge in [-0.05, 0) is 159 Å². The zero-order chi connectivity index (χ0) is 35.8. The smallest absolute Gasteiger partial charge is 0.312 e. The van der Waals surface area contributed by atoms with Gasteiger partial charge in [0.2, 0.25) is 0 Å². The van der Waals surface area contributed by atoms with Crippen molar-refractivity contribution in [1.82, 2.24) is 10.2 Å². The third-order valence-corrected chi connectivity index (χ3v) is 17.4. The standard InChI is InChI=1S/C43H71FN2O3/c1-28(2)30-14-21-43(35(47)26-45-24-25-46(8)9)23-22-40(6)32(36(30)43)10-11-34-39(5)17-15-31(38(3,4)33(39)16-18-41(34,40)7)29-12-19-42(27-44,20-13-29)37(48)49/h12,15,28,30,32-36,45,47H,10-11,13-14,16-27H2,1-9H3,(H,48,49)/t30-,32?,33?,34?,35+,36?,39-,40+,41+,42-,43+/m0/s1. The Morgan fingerprint density at radius 3 is 2.29 bits per heavy atom. The zero-order valence-electron chi connectivity index (χ0n) is 32.6. The number of carboxylic acid groups (broad SMARTS) is 1. The first-order valence-corrected chi connectivity index (χ1v) is 20.2. The lowest BCUT2D eigenvalue weighted by Crippen LogP contribution is -2.66. The molecule has 6 aliphatic rings. The molecule has 6 rings (SSSR count). The summed E-state index contributed by atoms with van der Waals surface area (Å²) in [7, 11) is 4.23. The molecule has 11 atom stereocenters. The number of halogens is 1. The lowest BCUT2D eigenvalue weighted by molar-refractivity contribution is -0.238. The molecule has 5 nitrogen and oxygen atoms in total. The number of fused-ring (bicyclic) bond motifs is 7. The lowest BCUT2D eigenvalue weighted by Gasteiger charge is -2.72. The van der Waals surface area contributed by atoms with E-state index in [4.69, 9.17) is 0 Å². The zero-order valence-corrected chi connectivity index (χ0v) is 32.6. The van der Waals surface area contributed by atoms with Gasteiger partial charge in [-0.2, -0.15) is 0 Å². The minimum absolute atomic E-state index is 0.00351. The van der Waals surface area contributed by atoms with E-state index >= 15 is 0 Å². The number of nitrogens with zero attached hydrogens (tertiary/aromatic N) is 1. The summed E-state index contributed by atoms with van der Waals surface area (Å²) < 4.78 is 14.0. The molecule has 6 aliphatic carbocycles. The minimum atomic E-state index is -1.25. The number of likely N-dealkylation sites (N-methyl/N-ethyl adjacent to an activating group) is 1. The van der Waals surface area contributed by atoms with Crippen LogP contribution in [-0.4, -0.2) is 67.6 Å². The number of nitrogens with one attached hydrogen (secondary N) is 1.